The van der Waals surface area contributed by atoms with Crippen molar-refractivity contribution in [3.63, 3.8) is 0 Å². The summed E-state index contributed by atoms with van der Waals surface area (Å²) < 4.78 is 1.65. The van der Waals surface area contributed by atoms with E-state index in [1.807, 2.05) is 0 Å². The van der Waals surface area contributed by atoms with Crippen LogP contribution in [0.3, 0.4) is 0 Å². The average molecular weight is 255 g/mol. The Balaban J connectivity index is 2.48. The Morgan fingerprint density at radius 2 is 2.29 bits per heavy atom. The number of aliphatic hydroxyl groups excluding tert-OH is 1. The van der Waals surface area contributed by atoms with E-state index in [1.54, 1.807) is 29.8 Å². The molecule has 0 radical (unpaired) electrons. The van der Waals surface area contributed by atoms with E-state index >= 15 is 0 Å². The second-order valence-electron chi connectivity index (χ2n) is 3.78. The Kier molecular flexibility index (Phi) is 3.04. The maximum Gasteiger partial charge on any atom is 0.306 e. The van der Waals surface area contributed by atoms with Gasteiger partial charge in [-0.25, -0.2) is 4.98 Å². The lowest BCUT2D eigenvalue weighted by Crippen LogP contribution is -2.10. The number of halogens is 1. The number of benzene rings is 1. The molecule has 0 spiro atoms. The third kappa shape index (κ3) is 2.25. The molecule has 0 unspecified atom stereocenters. The van der Waals surface area contributed by atoms with E-state index in [1.165, 1.54) is 0 Å². The molecule has 1 atom stereocenters. The van der Waals surface area contributed by atoms with Crippen LogP contribution in [0.15, 0.2) is 18.2 Å². The molecule has 2 N–H and O–H groups in total. The third-order valence-corrected chi connectivity index (χ3v) is 2.78. The van der Waals surface area contributed by atoms with Crippen LogP contribution in [0.4, 0.5) is 0 Å². The summed E-state index contributed by atoms with van der Waals surface area (Å²) in [7, 11) is 1.71. The molecule has 0 aliphatic rings. The standard InChI is InChI=1S/C11H11ClN2O3/c1-14-8-4-6(12)2-3-7(8)13-11(14)9(15)5-10(16)17/h2-4,9,15H,5H2,1H3,(H,16,17)/t9-/m1/s1. The van der Waals surface area contributed by atoms with Gasteiger partial charge in [0.15, 0.2) is 0 Å². The summed E-state index contributed by atoms with van der Waals surface area (Å²) in [6.07, 6.45) is -1.49. The van der Waals surface area contributed by atoms with Gasteiger partial charge >= 0.3 is 5.97 Å². The highest BCUT2D eigenvalue weighted by Crippen LogP contribution is 2.24. The molecule has 0 saturated heterocycles. The highest BCUT2D eigenvalue weighted by Gasteiger charge is 2.18. The average Bonchev–Trinajstić information content (AvgIpc) is 2.55. The minimum Gasteiger partial charge on any atom is -0.481 e. The minimum atomic E-state index is -1.12. The number of aryl methyl sites for hydroxylation is 1. The van der Waals surface area contributed by atoms with Gasteiger partial charge in [0.05, 0.1) is 17.5 Å². The largest absolute Gasteiger partial charge is 0.481 e. The zero-order valence-electron chi connectivity index (χ0n) is 9.09. The number of aliphatic hydroxyl groups is 1. The molecule has 0 saturated carbocycles. The molecular formula is C11H11ClN2O3. The molecule has 1 aromatic heterocycles. The number of nitrogens with zero attached hydrogens (tertiary/aromatic N) is 2. The number of hydrogen-bond donors (Lipinski definition) is 2. The van der Waals surface area contributed by atoms with Gasteiger partial charge in [-0.3, -0.25) is 4.79 Å². The van der Waals surface area contributed by atoms with Gasteiger partial charge in [0, 0.05) is 12.1 Å². The molecule has 0 bridgehead atoms. The molecule has 0 aliphatic heterocycles. The molecule has 17 heavy (non-hydrogen) atoms. The van der Waals surface area contributed by atoms with Crippen molar-refractivity contribution < 1.29 is 15.0 Å². The zero-order valence-corrected chi connectivity index (χ0v) is 9.85. The van der Waals surface area contributed by atoms with Crippen molar-refractivity contribution in [2.75, 3.05) is 0 Å². The quantitative estimate of drug-likeness (QED) is 0.875. The first-order valence-electron chi connectivity index (χ1n) is 5.01. The minimum absolute atomic E-state index is 0.324. The predicted molar refractivity (Wildman–Crippen MR) is 62.9 cm³/mol. The molecule has 90 valence electrons. The summed E-state index contributed by atoms with van der Waals surface area (Å²) in [4.78, 5) is 14.7. The smallest absolute Gasteiger partial charge is 0.306 e. The van der Waals surface area contributed by atoms with E-state index in [9.17, 15) is 9.90 Å². The van der Waals surface area contributed by atoms with Gasteiger partial charge in [0.2, 0.25) is 0 Å². The van der Waals surface area contributed by atoms with E-state index in [0.29, 0.717) is 16.4 Å². The lowest BCUT2D eigenvalue weighted by molar-refractivity contribution is -0.139. The maximum atomic E-state index is 10.5. The van der Waals surface area contributed by atoms with Crippen molar-refractivity contribution in [3.05, 3.63) is 29.0 Å². The topological polar surface area (TPSA) is 75.4 Å². The molecule has 0 amide bonds. The van der Waals surface area contributed by atoms with Crippen LogP contribution in [0.1, 0.15) is 18.3 Å². The fraction of sp³-hybridized carbons (Fsp3) is 0.273. The van der Waals surface area contributed by atoms with Crippen molar-refractivity contribution in [2.45, 2.75) is 12.5 Å². The lowest BCUT2D eigenvalue weighted by Gasteiger charge is -2.07. The molecule has 2 rings (SSSR count). The van der Waals surface area contributed by atoms with E-state index in [4.69, 9.17) is 16.7 Å². The summed E-state index contributed by atoms with van der Waals surface area (Å²) in [6, 6.07) is 5.15. The monoisotopic (exact) mass is 254 g/mol. The van der Waals surface area contributed by atoms with Crippen LogP contribution in [0.5, 0.6) is 0 Å². The van der Waals surface area contributed by atoms with Gasteiger partial charge in [0.25, 0.3) is 0 Å². The van der Waals surface area contributed by atoms with Gasteiger partial charge in [0.1, 0.15) is 11.9 Å². The molecule has 2 aromatic rings. The summed E-state index contributed by atoms with van der Waals surface area (Å²) >= 11 is 5.87. The normalized spacial score (nSPS) is 12.9. The number of aliphatic carboxylic acids is 1. The molecule has 0 fully saturated rings. The van der Waals surface area contributed by atoms with Crippen LogP contribution in [-0.4, -0.2) is 25.7 Å². The Morgan fingerprint density at radius 3 is 2.94 bits per heavy atom. The van der Waals surface area contributed by atoms with Crippen molar-refractivity contribution in [3.8, 4) is 0 Å². The number of carboxylic acids is 1. The van der Waals surface area contributed by atoms with Crippen LogP contribution in [-0.2, 0) is 11.8 Å². The van der Waals surface area contributed by atoms with Gasteiger partial charge in [-0.2, -0.15) is 0 Å². The molecular weight excluding hydrogens is 244 g/mol. The van der Waals surface area contributed by atoms with E-state index in [-0.39, 0.29) is 6.42 Å². The second kappa shape index (κ2) is 4.35. The van der Waals surface area contributed by atoms with Crippen molar-refractivity contribution in [1.82, 2.24) is 9.55 Å². The van der Waals surface area contributed by atoms with Gasteiger partial charge in [-0.05, 0) is 18.2 Å². The summed E-state index contributed by atoms with van der Waals surface area (Å²) in [5.41, 5.74) is 1.44. The van der Waals surface area contributed by atoms with Crippen LogP contribution in [0, 0.1) is 0 Å². The van der Waals surface area contributed by atoms with Crippen molar-refractivity contribution in [1.29, 1.82) is 0 Å². The number of imidazole rings is 1. The van der Waals surface area contributed by atoms with Crippen molar-refractivity contribution in [2.24, 2.45) is 7.05 Å². The second-order valence-corrected chi connectivity index (χ2v) is 4.21. The van der Waals surface area contributed by atoms with Gasteiger partial charge in [-0.1, -0.05) is 11.6 Å². The third-order valence-electron chi connectivity index (χ3n) is 2.54. The summed E-state index contributed by atoms with van der Waals surface area (Å²) in [5.74, 6) is -0.743. The maximum absolute atomic E-state index is 10.5. The van der Waals surface area contributed by atoms with Crippen molar-refractivity contribution >= 4 is 28.6 Å². The van der Waals surface area contributed by atoms with Crippen LogP contribution < -0.4 is 0 Å². The first-order valence-corrected chi connectivity index (χ1v) is 5.38. The first-order chi connectivity index (χ1) is 7.99. The number of hydrogen-bond acceptors (Lipinski definition) is 3. The fourth-order valence-electron chi connectivity index (χ4n) is 1.74. The Morgan fingerprint density at radius 1 is 1.59 bits per heavy atom. The summed E-state index contributed by atoms with van der Waals surface area (Å²) in [6.45, 7) is 0. The SMILES string of the molecule is Cn1c([C@H](O)CC(=O)O)nc2ccc(Cl)cc21. The Bertz CT molecular complexity index is 579. The zero-order chi connectivity index (χ0) is 12.6. The van der Waals surface area contributed by atoms with E-state index in [0.717, 1.165) is 5.52 Å². The highest BCUT2D eigenvalue weighted by molar-refractivity contribution is 6.31. The van der Waals surface area contributed by atoms with E-state index < -0.39 is 12.1 Å². The highest BCUT2D eigenvalue weighted by atomic mass is 35.5. The molecule has 5 nitrogen and oxygen atoms in total. The number of carboxylic acid groups (broad SMARTS) is 1. The van der Waals surface area contributed by atoms with Crippen LogP contribution in [0.2, 0.25) is 5.02 Å². The first kappa shape index (κ1) is 11.9. The van der Waals surface area contributed by atoms with Gasteiger partial charge in [-0.15, -0.1) is 0 Å². The van der Waals surface area contributed by atoms with Crippen LogP contribution >= 0.6 is 11.6 Å². The fourth-order valence-corrected chi connectivity index (χ4v) is 1.90. The Hall–Kier alpha value is -1.59. The number of aromatic nitrogens is 2. The van der Waals surface area contributed by atoms with E-state index in [2.05, 4.69) is 4.98 Å². The molecule has 1 heterocycles. The molecule has 6 heteroatoms. The molecule has 1 aromatic carbocycles. The number of carbonyl (C=O) groups is 1. The Labute approximate surface area is 102 Å². The van der Waals surface area contributed by atoms with Gasteiger partial charge < -0.3 is 14.8 Å². The predicted octanol–water partition coefficient (Wildman–Crippen LogP) is 1.73. The number of fused-ring (bicyclic) bond motifs is 1. The molecule has 0 aliphatic carbocycles. The van der Waals surface area contributed by atoms with Crippen LogP contribution in [0.25, 0.3) is 11.0 Å². The summed E-state index contributed by atoms with van der Waals surface area (Å²) in [5, 5.41) is 19.0. The number of rotatable bonds is 3. The lowest BCUT2D eigenvalue weighted by atomic mass is 10.2.